The summed E-state index contributed by atoms with van der Waals surface area (Å²) in [6, 6.07) is 8.91. The lowest BCUT2D eigenvalue weighted by atomic mass is 9.98. The van der Waals surface area contributed by atoms with E-state index in [1.165, 1.54) is 18.2 Å². The Balaban J connectivity index is 2.35. The lowest BCUT2D eigenvalue weighted by molar-refractivity contribution is 0.507. The van der Waals surface area contributed by atoms with Gasteiger partial charge in [-0.2, -0.15) is 0 Å². The summed E-state index contributed by atoms with van der Waals surface area (Å²) in [5.41, 5.74) is 1.33. The fraction of sp³-hybridized carbons (Fsp3) is 0.250. The van der Waals surface area contributed by atoms with Gasteiger partial charge in [0, 0.05) is 21.1 Å². The molecule has 0 aliphatic rings. The molecule has 0 spiro atoms. The standard InChI is InChI=1S/C16H15BrClF2N/c1-2-21-15(16-12(17)4-3-5-14(16)20)8-10-6-7-11(19)9-13(10)18/h3-7,9,15,21H,2,8H2,1H3. The highest BCUT2D eigenvalue weighted by Gasteiger charge is 2.19. The number of likely N-dealkylation sites (N-methyl/N-ethyl adjacent to an activating group) is 1. The van der Waals surface area contributed by atoms with Crippen molar-refractivity contribution < 1.29 is 8.78 Å². The van der Waals surface area contributed by atoms with Gasteiger partial charge < -0.3 is 5.32 Å². The summed E-state index contributed by atoms with van der Waals surface area (Å²) < 4.78 is 27.9. The molecule has 2 rings (SSSR count). The maximum Gasteiger partial charge on any atom is 0.129 e. The van der Waals surface area contributed by atoms with Crippen LogP contribution in [-0.2, 0) is 6.42 Å². The third-order valence-electron chi connectivity index (χ3n) is 3.24. The first kappa shape index (κ1) is 16.4. The van der Waals surface area contributed by atoms with Crippen LogP contribution in [0.25, 0.3) is 0 Å². The lowest BCUT2D eigenvalue weighted by Gasteiger charge is -2.21. The van der Waals surface area contributed by atoms with Crippen LogP contribution in [0.4, 0.5) is 8.78 Å². The molecule has 2 aromatic rings. The fourth-order valence-corrected chi connectivity index (χ4v) is 3.14. The molecule has 0 fully saturated rings. The van der Waals surface area contributed by atoms with Gasteiger partial charge in [0.2, 0.25) is 0 Å². The summed E-state index contributed by atoms with van der Waals surface area (Å²) in [5, 5.41) is 3.60. The van der Waals surface area contributed by atoms with Crippen molar-refractivity contribution in [3.8, 4) is 0 Å². The van der Waals surface area contributed by atoms with Gasteiger partial charge in [-0.15, -0.1) is 0 Å². The Morgan fingerprint density at radius 1 is 1.24 bits per heavy atom. The molecule has 1 nitrogen and oxygen atoms in total. The Labute approximate surface area is 136 Å². The molecule has 1 unspecified atom stereocenters. The van der Waals surface area contributed by atoms with Gasteiger partial charge in [0.1, 0.15) is 11.6 Å². The SMILES string of the molecule is CCNC(Cc1ccc(F)cc1Cl)c1c(F)cccc1Br. The Morgan fingerprint density at radius 2 is 2.00 bits per heavy atom. The average molecular weight is 375 g/mol. The van der Waals surface area contributed by atoms with Gasteiger partial charge in [-0.05, 0) is 42.8 Å². The average Bonchev–Trinajstić information content (AvgIpc) is 2.41. The minimum Gasteiger partial charge on any atom is -0.310 e. The summed E-state index contributed by atoms with van der Waals surface area (Å²) in [6.07, 6.45) is 0.479. The molecule has 0 saturated carbocycles. The smallest absolute Gasteiger partial charge is 0.129 e. The van der Waals surface area contributed by atoms with E-state index in [4.69, 9.17) is 11.6 Å². The van der Waals surface area contributed by atoms with Crippen LogP contribution in [0.3, 0.4) is 0 Å². The van der Waals surface area contributed by atoms with Crippen LogP contribution in [0, 0.1) is 11.6 Å². The van der Waals surface area contributed by atoms with E-state index in [1.807, 2.05) is 6.92 Å². The van der Waals surface area contributed by atoms with Gasteiger partial charge in [0.25, 0.3) is 0 Å². The first-order valence-electron chi connectivity index (χ1n) is 6.64. The van der Waals surface area contributed by atoms with Crippen LogP contribution in [0.2, 0.25) is 5.02 Å². The second kappa shape index (κ2) is 7.34. The van der Waals surface area contributed by atoms with E-state index in [0.717, 1.165) is 5.56 Å². The molecule has 2 aromatic carbocycles. The van der Waals surface area contributed by atoms with E-state index in [0.29, 0.717) is 28.0 Å². The van der Waals surface area contributed by atoms with Gasteiger partial charge in [0.05, 0.1) is 0 Å². The van der Waals surface area contributed by atoms with Crippen molar-refractivity contribution in [2.24, 2.45) is 0 Å². The third kappa shape index (κ3) is 4.02. The first-order chi connectivity index (χ1) is 10.0. The zero-order valence-corrected chi connectivity index (χ0v) is 13.8. The Hall–Kier alpha value is -0.970. The highest BCUT2D eigenvalue weighted by atomic mass is 79.9. The number of rotatable bonds is 5. The van der Waals surface area contributed by atoms with Crippen molar-refractivity contribution in [1.82, 2.24) is 5.32 Å². The molecule has 1 atom stereocenters. The number of nitrogens with one attached hydrogen (secondary N) is 1. The zero-order valence-electron chi connectivity index (χ0n) is 11.5. The summed E-state index contributed by atoms with van der Waals surface area (Å²) in [4.78, 5) is 0. The van der Waals surface area contributed by atoms with E-state index < -0.39 is 0 Å². The molecule has 0 aliphatic heterocycles. The maximum atomic E-state index is 14.1. The quantitative estimate of drug-likeness (QED) is 0.751. The normalized spacial score (nSPS) is 12.4. The van der Waals surface area contributed by atoms with E-state index in [1.54, 1.807) is 18.2 Å². The van der Waals surface area contributed by atoms with Crippen LogP contribution < -0.4 is 5.32 Å². The minimum absolute atomic E-state index is 0.242. The van der Waals surface area contributed by atoms with Crippen LogP contribution in [0.15, 0.2) is 40.9 Å². The summed E-state index contributed by atoms with van der Waals surface area (Å²) in [6.45, 7) is 2.64. The van der Waals surface area contributed by atoms with Crippen LogP contribution in [0.1, 0.15) is 24.1 Å². The molecule has 0 bridgehead atoms. The maximum absolute atomic E-state index is 14.1. The van der Waals surface area contributed by atoms with E-state index >= 15 is 0 Å². The molecular weight excluding hydrogens is 360 g/mol. The molecule has 0 radical (unpaired) electrons. The Bertz CT molecular complexity index is 613. The third-order valence-corrected chi connectivity index (χ3v) is 4.28. The number of benzene rings is 2. The molecule has 0 aromatic heterocycles. The fourth-order valence-electron chi connectivity index (χ4n) is 2.27. The molecule has 5 heteroatoms. The highest BCUT2D eigenvalue weighted by Crippen LogP contribution is 2.30. The largest absolute Gasteiger partial charge is 0.310 e. The summed E-state index contributed by atoms with van der Waals surface area (Å²) in [7, 11) is 0. The molecule has 1 N–H and O–H groups in total. The van der Waals surface area contributed by atoms with E-state index in [9.17, 15) is 8.78 Å². The van der Waals surface area contributed by atoms with Crippen molar-refractivity contribution >= 4 is 27.5 Å². The van der Waals surface area contributed by atoms with Crippen molar-refractivity contribution in [3.63, 3.8) is 0 Å². The van der Waals surface area contributed by atoms with Crippen LogP contribution >= 0.6 is 27.5 Å². The number of halogens is 4. The Morgan fingerprint density at radius 3 is 2.62 bits per heavy atom. The Kier molecular flexibility index (Phi) is 5.73. The van der Waals surface area contributed by atoms with Crippen molar-refractivity contribution in [2.45, 2.75) is 19.4 Å². The highest BCUT2D eigenvalue weighted by molar-refractivity contribution is 9.10. The zero-order chi connectivity index (χ0) is 15.4. The molecule has 0 heterocycles. The molecule has 0 aliphatic carbocycles. The molecule has 0 saturated heterocycles. The second-order valence-electron chi connectivity index (χ2n) is 4.69. The topological polar surface area (TPSA) is 12.0 Å². The predicted molar refractivity (Wildman–Crippen MR) is 85.6 cm³/mol. The number of hydrogen-bond donors (Lipinski definition) is 1. The van der Waals surface area contributed by atoms with Crippen molar-refractivity contribution in [1.29, 1.82) is 0 Å². The van der Waals surface area contributed by atoms with Crippen LogP contribution in [0.5, 0.6) is 0 Å². The molecule has 0 amide bonds. The van der Waals surface area contributed by atoms with Crippen molar-refractivity contribution in [3.05, 3.63) is 68.7 Å². The van der Waals surface area contributed by atoms with Gasteiger partial charge in [0.15, 0.2) is 0 Å². The monoisotopic (exact) mass is 373 g/mol. The van der Waals surface area contributed by atoms with Gasteiger partial charge in [-0.3, -0.25) is 0 Å². The van der Waals surface area contributed by atoms with Gasteiger partial charge >= 0.3 is 0 Å². The van der Waals surface area contributed by atoms with E-state index in [-0.39, 0.29) is 17.7 Å². The molecular formula is C16H15BrClF2N. The van der Waals surface area contributed by atoms with Crippen molar-refractivity contribution in [2.75, 3.05) is 6.54 Å². The lowest BCUT2D eigenvalue weighted by Crippen LogP contribution is -2.24. The number of hydrogen-bond acceptors (Lipinski definition) is 1. The predicted octanol–water partition coefficient (Wildman–Crippen LogP) is 5.27. The molecule has 112 valence electrons. The minimum atomic E-state index is -0.379. The van der Waals surface area contributed by atoms with Crippen LogP contribution in [-0.4, -0.2) is 6.54 Å². The molecule has 21 heavy (non-hydrogen) atoms. The first-order valence-corrected chi connectivity index (χ1v) is 7.81. The summed E-state index contributed by atoms with van der Waals surface area (Å²) >= 11 is 9.46. The van der Waals surface area contributed by atoms with E-state index in [2.05, 4.69) is 21.2 Å². The van der Waals surface area contributed by atoms with Gasteiger partial charge in [-0.1, -0.05) is 46.6 Å². The summed E-state index contributed by atoms with van der Waals surface area (Å²) in [5.74, 6) is -0.663. The second-order valence-corrected chi connectivity index (χ2v) is 5.95. The van der Waals surface area contributed by atoms with Gasteiger partial charge in [-0.25, -0.2) is 8.78 Å².